The van der Waals surface area contributed by atoms with Crippen LogP contribution in [0.1, 0.15) is 45.1 Å². The van der Waals surface area contributed by atoms with E-state index in [4.69, 9.17) is 9.47 Å². The molecule has 1 amide bonds. The Morgan fingerprint density at radius 3 is 2.70 bits per heavy atom. The summed E-state index contributed by atoms with van der Waals surface area (Å²) in [4.78, 5) is 22.8. The van der Waals surface area contributed by atoms with Gasteiger partial charge in [-0.1, -0.05) is 6.07 Å². The van der Waals surface area contributed by atoms with Gasteiger partial charge in [-0.25, -0.2) is 4.98 Å². The number of aromatic nitrogens is 1. The predicted octanol–water partition coefficient (Wildman–Crippen LogP) is 4.49. The van der Waals surface area contributed by atoms with Gasteiger partial charge in [0.15, 0.2) is 0 Å². The van der Waals surface area contributed by atoms with Gasteiger partial charge in [0, 0.05) is 36.5 Å². The lowest BCUT2D eigenvalue weighted by Gasteiger charge is -2.34. The minimum atomic E-state index is 0.0233. The normalized spacial score (nSPS) is 22.9. The van der Waals surface area contributed by atoms with E-state index in [2.05, 4.69) is 53.3 Å². The zero-order valence-electron chi connectivity index (χ0n) is 19.6. The summed E-state index contributed by atoms with van der Waals surface area (Å²) >= 11 is 0. The molecule has 0 atom stereocenters. The van der Waals surface area contributed by atoms with Crippen molar-refractivity contribution in [2.75, 3.05) is 41.4 Å². The first-order valence-electron chi connectivity index (χ1n) is 12.2. The number of anilines is 4. The van der Waals surface area contributed by atoms with Gasteiger partial charge in [-0.3, -0.25) is 4.79 Å². The van der Waals surface area contributed by atoms with Gasteiger partial charge in [-0.05, 0) is 63.8 Å². The van der Waals surface area contributed by atoms with Crippen LogP contribution in [0.25, 0.3) is 0 Å². The summed E-state index contributed by atoms with van der Waals surface area (Å²) in [6, 6.07) is 10.4. The van der Waals surface area contributed by atoms with E-state index >= 15 is 0 Å². The first kappa shape index (κ1) is 22.2. The average Bonchev–Trinajstić information content (AvgIpc) is 3.00. The number of benzene rings is 1. The molecule has 7 heteroatoms. The van der Waals surface area contributed by atoms with Crippen LogP contribution in [-0.2, 0) is 20.8 Å². The number of rotatable bonds is 4. The molecule has 2 fully saturated rings. The Kier molecular flexibility index (Phi) is 6.51. The van der Waals surface area contributed by atoms with Gasteiger partial charge in [-0.15, -0.1) is 0 Å². The Balaban J connectivity index is 1.43. The van der Waals surface area contributed by atoms with Gasteiger partial charge in [0.05, 0.1) is 43.3 Å². The number of carbonyl (C=O) groups is 1. The van der Waals surface area contributed by atoms with Crippen LogP contribution in [0, 0.1) is 5.92 Å². The highest BCUT2D eigenvalue weighted by atomic mass is 16.5. The second-order valence-electron chi connectivity index (χ2n) is 9.52. The first-order valence-corrected chi connectivity index (χ1v) is 12.2. The van der Waals surface area contributed by atoms with Crippen LogP contribution in [0.15, 0.2) is 36.5 Å². The van der Waals surface area contributed by atoms with E-state index in [0.29, 0.717) is 6.54 Å². The minimum Gasteiger partial charge on any atom is -0.378 e. The summed E-state index contributed by atoms with van der Waals surface area (Å²) in [7, 11) is 0. The van der Waals surface area contributed by atoms with Gasteiger partial charge in [0.1, 0.15) is 5.82 Å². The maximum atomic E-state index is 13.9. The van der Waals surface area contributed by atoms with E-state index in [1.54, 1.807) is 6.20 Å². The number of fused-ring (bicyclic) bond motifs is 2. The highest BCUT2D eigenvalue weighted by Crippen LogP contribution is 2.40. The molecule has 7 nitrogen and oxygen atoms in total. The Hall–Kier alpha value is -2.64. The number of hydrogen-bond acceptors (Lipinski definition) is 6. The van der Waals surface area contributed by atoms with Gasteiger partial charge in [0.2, 0.25) is 5.91 Å². The number of amides is 1. The lowest BCUT2D eigenvalue weighted by molar-refractivity contribution is -0.124. The molecule has 176 valence electrons. The zero-order chi connectivity index (χ0) is 22.8. The summed E-state index contributed by atoms with van der Waals surface area (Å²) in [6.45, 7) is 7.87. The number of morpholine rings is 1. The third-order valence-corrected chi connectivity index (χ3v) is 6.88. The second-order valence-corrected chi connectivity index (χ2v) is 9.52. The molecule has 3 heterocycles. The molecule has 5 rings (SSSR count). The Morgan fingerprint density at radius 2 is 1.94 bits per heavy atom. The molecule has 1 saturated heterocycles. The van der Waals surface area contributed by atoms with Crippen LogP contribution in [0.5, 0.6) is 0 Å². The van der Waals surface area contributed by atoms with Crippen molar-refractivity contribution in [3.8, 4) is 0 Å². The van der Waals surface area contributed by atoms with Crippen molar-refractivity contribution in [3.05, 3.63) is 42.1 Å². The number of nitrogens with one attached hydrogen (secondary N) is 1. The van der Waals surface area contributed by atoms with Crippen molar-refractivity contribution in [3.63, 3.8) is 0 Å². The lowest BCUT2D eigenvalue weighted by Crippen LogP contribution is -2.39. The molecular formula is C26H34N4O3. The second kappa shape index (κ2) is 9.69. The fraction of sp³-hybridized carbons (Fsp3) is 0.538. The zero-order valence-corrected chi connectivity index (χ0v) is 19.6. The first-order chi connectivity index (χ1) is 16.1. The standard InChI is InChI=1S/C26H34N4O3/c1-18(2)33-22-8-5-19(6-9-22)26(31)30-17-20-4-3-11-27-25(20)28-23-10-7-21(16-24(23)30)29-12-14-32-15-13-29/h3-4,7,10-11,16,18-19,22H,5-6,8-9,12-15,17H2,1-2H3,(H,27,28)/t19-,22+. The molecule has 0 bridgehead atoms. The van der Waals surface area contributed by atoms with Gasteiger partial charge in [0.25, 0.3) is 0 Å². The van der Waals surface area contributed by atoms with Crippen LogP contribution in [-0.4, -0.2) is 49.4 Å². The van der Waals surface area contributed by atoms with Crippen LogP contribution >= 0.6 is 0 Å². The smallest absolute Gasteiger partial charge is 0.230 e. The summed E-state index contributed by atoms with van der Waals surface area (Å²) in [5.41, 5.74) is 4.02. The fourth-order valence-electron chi connectivity index (χ4n) is 5.18. The maximum Gasteiger partial charge on any atom is 0.230 e. The summed E-state index contributed by atoms with van der Waals surface area (Å²) in [6.07, 6.45) is 5.93. The molecule has 1 aromatic carbocycles. The monoisotopic (exact) mass is 450 g/mol. The Labute approximate surface area is 196 Å². The lowest BCUT2D eigenvalue weighted by atomic mass is 9.86. The number of ether oxygens (including phenoxy) is 2. The van der Waals surface area contributed by atoms with E-state index in [0.717, 1.165) is 80.4 Å². The van der Waals surface area contributed by atoms with Gasteiger partial charge < -0.3 is 24.6 Å². The number of carbonyl (C=O) groups excluding carboxylic acids is 1. The molecule has 1 aromatic heterocycles. The molecule has 0 radical (unpaired) electrons. The molecule has 1 N–H and O–H groups in total. The van der Waals surface area contributed by atoms with Crippen molar-refractivity contribution in [1.29, 1.82) is 0 Å². The molecule has 2 aromatic rings. The van der Waals surface area contributed by atoms with Crippen LogP contribution in [0.4, 0.5) is 22.9 Å². The molecule has 0 spiro atoms. The molecule has 3 aliphatic rings. The molecule has 2 aliphatic heterocycles. The Morgan fingerprint density at radius 1 is 1.15 bits per heavy atom. The number of hydrogen-bond donors (Lipinski definition) is 1. The van der Waals surface area contributed by atoms with Gasteiger partial charge >= 0.3 is 0 Å². The van der Waals surface area contributed by atoms with Crippen molar-refractivity contribution < 1.29 is 14.3 Å². The van der Waals surface area contributed by atoms with Crippen LogP contribution in [0.2, 0.25) is 0 Å². The summed E-state index contributed by atoms with van der Waals surface area (Å²) < 4.78 is 11.5. The highest BCUT2D eigenvalue weighted by molar-refractivity contribution is 6.00. The molecule has 0 unspecified atom stereocenters. The SMILES string of the molecule is CC(C)O[C@H]1CC[C@@H](C(=O)N2Cc3cccnc3Nc3ccc(N4CCOCC4)cc32)CC1. The molecule has 1 aliphatic carbocycles. The number of pyridine rings is 1. The fourth-order valence-corrected chi connectivity index (χ4v) is 5.18. The quantitative estimate of drug-likeness (QED) is 0.740. The van der Waals surface area contributed by atoms with Crippen molar-refractivity contribution in [1.82, 2.24) is 4.98 Å². The largest absolute Gasteiger partial charge is 0.378 e. The molecule has 1 saturated carbocycles. The van der Waals surface area contributed by atoms with E-state index < -0.39 is 0 Å². The van der Waals surface area contributed by atoms with Crippen molar-refractivity contribution in [2.45, 2.75) is 58.3 Å². The van der Waals surface area contributed by atoms with E-state index in [1.807, 2.05) is 11.0 Å². The van der Waals surface area contributed by atoms with E-state index in [1.165, 1.54) is 0 Å². The topological polar surface area (TPSA) is 66.9 Å². The molecule has 33 heavy (non-hydrogen) atoms. The van der Waals surface area contributed by atoms with E-state index in [-0.39, 0.29) is 24.0 Å². The summed E-state index contributed by atoms with van der Waals surface area (Å²) in [5, 5.41) is 3.48. The summed E-state index contributed by atoms with van der Waals surface area (Å²) in [5.74, 6) is 1.05. The van der Waals surface area contributed by atoms with Crippen LogP contribution in [0.3, 0.4) is 0 Å². The predicted molar refractivity (Wildman–Crippen MR) is 130 cm³/mol. The third-order valence-electron chi connectivity index (χ3n) is 6.88. The van der Waals surface area contributed by atoms with Crippen LogP contribution < -0.4 is 15.1 Å². The molecular weight excluding hydrogens is 416 g/mol. The number of nitrogens with zero attached hydrogens (tertiary/aromatic N) is 3. The Bertz CT molecular complexity index is 981. The average molecular weight is 451 g/mol. The third kappa shape index (κ3) is 4.84. The van der Waals surface area contributed by atoms with E-state index in [9.17, 15) is 4.79 Å². The van der Waals surface area contributed by atoms with Crippen molar-refractivity contribution in [2.24, 2.45) is 5.92 Å². The minimum absolute atomic E-state index is 0.0233. The maximum absolute atomic E-state index is 13.9. The van der Waals surface area contributed by atoms with Gasteiger partial charge in [-0.2, -0.15) is 0 Å². The van der Waals surface area contributed by atoms with Crippen molar-refractivity contribution >= 4 is 28.8 Å². The highest BCUT2D eigenvalue weighted by Gasteiger charge is 2.33.